The van der Waals surface area contributed by atoms with Crippen molar-refractivity contribution in [3.05, 3.63) is 65.7 Å². The van der Waals surface area contributed by atoms with Gasteiger partial charge in [-0.1, -0.05) is 12.1 Å². The highest BCUT2D eigenvalue weighted by Crippen LogP contribution is 2.29. The third kappa shape index (κ3) is 3.61. The maximum Gasteiger partial charge on any atom is 0.433 e. The number of rotatable bonds is 4. The fourth-order valence-corrected chi connectivity index (χ4v) is 2.55. The molecule has 0 fully saturated rings. The highest BCUT2D eigenvalue weighted by atomic mass is 19.4. The number of nitrogens with zero attached hydrogens (tertiary/aromatic N) is 5. The number of hydrogen-bond acceptors (Lipinski definition) is 3. The third-order valence-corrected chi connectivity index (χ3v) is 3.86. The van der Waals surface area contributed by atoms with E-state index in [9.17, 15) is 18.0 Å². The van der Waals surface area contributed by atoms with Crippen LogP contribution in [0.1, 0.15) is 21.7 Å². The predicted molar refractivity (Wildman–Crippen MR) is 87.6 cm³/mol. The first-order valence-electron chi connectivity index (χ1n) is 7.71. The monoisotopic (exact) mass is 363 g/mol. The summed E-state index contributed by atoms with van der Waals surface area (Å²) in [6, 6.07) is 9.94. The van der Waals surface area contributed by atoms with Gasteiger partial charge in [0.1, 0.15) is 5.69 Å². The van der Waals surface area contributed by atoms with Crippen LogP contribution >= 0.6 is 0 Å². The van der Waals surface area contributed by atoms with E-state index in [2.05, 4.69) is 10.2 Å². The van der Waals surface area contributed by atoms with Gasteiger partial charge in [0, 0.05) is 39.1 Å². The molecule has 0 N–H and O–H groups in total. The van der Waals surface area contributed by atoms with E-state index in [0.717, 1.165) is 24.4 Å². The van der Waals surface area contributed by atoms with Gasteiger partial charge in [-0.15, -0.1) is 0 Å². The largest absolute Gasteiger partial charge is 0.433 e. The third-order valence-electron chi connectivity index (χ3n) is 3.86. The molecular weight excluding hydrogens is 347 g/mol. The maximum absolute atomic E-state index is 12.8. The van der Waals surface area contributed by atoms with Gasteiger partial charge in [0.2, 0.25) is 0 Å². The highest BCUT2D eigenvalue weighted by molar-refractivity contribution is 5.92. The lowest BCUT2D eigenvalue weighted by molar-refractivity contribution is -0.143. The molecule has 0 aliphatic carbocycles. The van der Waals surface area contributed by atoms with E-state index in [-0.39, 0.29) is 12.2 Å². The van der Waals surface area contributed by atoms with Gasteiger partial charge in [-0.2, -0.15) is 23.4 Å². The molecule has 0 aliphatic rings. The molecular formula is C17H16F3N5O. The first-order chi connectivity index (χ1) is 12.3. The normalized spacial score (nSPS) is 11.6. The fourth-order valence-electron chi connectivity index (χ4n) is 2.55. The lowest BCUT2D eigenvalue weighted by atomic mass is 10.2. The lowest BCUT2D eigenvalue weighted by Gasteiger charge is -2.16. The van der Waals surface area contributed by atoms with Crippen LogP contribution in [0.3, 0.4) is 0 Å². The molecule has 2 aromatic heterocycles. The van der Waals surface area contributed by atoms with Gasteiger partial charge in [-0.25, -0.2) is 4.68 Å². The van der Waals surface area contributed by atoms with Crippen LogP contribution in [0.25, 0.3) is 5.69 Å². The molecule has 1 amide bonds. The predicted octanol–water partition coefficient (Wildman–Crippen LogP) is 2.90. The molecule has 0 saturated carbocycles. The Balaban J connectivity index is 1.71. The quantitative estimate of drug-likeness (QED) is 0.716. The molecule has 0 bridgehead atoms. The summed E-state index contributed by atoms with van der Waals surface area (Å²) in [5.41, 5.74) is 0.504. The molecule has 0 aliphatic heterocycles. The molecule has 1 aromatic carbocycles. The van der Waals surface area contributed by atoms with E-state index in [1.165, 1.54) is 11.9 Å². The van der Waals surface area contributed by atoms with E-state index in [1.807, 2.05) is 36.5 Å². The standard InChI is InChI=1S/C17H16F3N5O/c1-23(16(26)14-10-15(17(18,19)20)24(2)22-14)11-12-4-6-13(7-5-12)25-9-3-8-21-25/h3-10H,11H2,1-2H3. The van der Waals surface area contributed by atoms with Crippen molar-refractivity contribution >= 4 is 5.91 Å². The maximum atomic E-state index is 12.8. The number of carbonyl (C=O) groups excluding carboxylic acids is 1. The molecule has 0 atom stereocenters. The van der Waals surface area contributed by atoms with Crippen LogP contribution in [-0.4, -0.2) is 37.4 Å². The van der Waals surface area contributed by atoms with E-state index < -0.39 is 17.8 Å². The first kappa shape index (κ1) is 17.7. The molecule has 9 heteroatoms. The number of benzene rings is 1. The Morgan fingerprint density at radius 2 is 1.92 bits per heavy atom. The Labute approximate surface area is 147 Å². The molecule has 0 spiro atoms. The van der Waals surface area contributed by atoms with Gasteiger partial charge in [-0.05, 0) is 23.8 Å². The number of alkyl halides is 3. The van der Waals surface area contributed by atoms with Crippen LogP contribution < -0.4 is 0 Å². The summed E-state index contributed by atoms with van der Waals surface area (Å²) < 4.78 is 40.9. The molecule has 3 aromatic rings. The van der Waals surface area contributed by atoms with Crippen LogP contribution in [0.4, 0.5) is 13.2 Å². The molecule has 3 rings (SSSR count). The van der Waals surface area contributed by atoms with Crippen LogP contribution in [0.15, 0.2) is 48.8 Å². The van der Waals surface area contributed by atoms with Gasteiger partial charge in [-0.3, -0.25) is 9.48 Å². The summed E-state index contributed by atoms with van der Waals surface area (Å²) in [4.78, 5) is 13.7. The molecule has 0 saturated heterocycles. The minimum Gasteiger partial charge on any atom is -0.336 e. The van der Waals surface area contributed by atoms with E-state index in [0.29, 0.717) is 4.68 Å². The number of amides is 1. The van der Waals surface area contributed by atoms with Gasteiger partial charge in [0.25, 0.3) is 5.91 Å². The van der Waals surface area contributed by atoms with E-state index in [1.54, 1.807) is 10.9 Å². The molecule has 2 heterocycles. The summed E-state index contributed by atoms with van der Waals surface area (Å²) in [6.45, 7) is 0.246. The summed E-state index contributed by atoms with van der Waals surface area (Å²) in [7, 11) is 2.68. The van der Waals surface area contributed by atoms with E-state index in [4.69, 9.17) is 0 Å². The van der Waals surface area contributed by atoms with Crippen molar-refractivity contribution < 1.29 is 18.0 Å². The topological polar surface area (TPSA) is 56.0 Å². The average Bonchev–Trinajstić information content (AvgIpc) is 3.24. The summed E-state index contributed by atoms with van der Waals surface area (Å²) in [5, 5.41) is 7.81. The molecule has 0 unspecified atom stereocenters. The van der Waals surface area contributed by atoms with Crippen molar-refractivity contribution in [3.63, 3.8) is 0 Å². The van der Waals surface area contributed by atoms with Crippen molar-refractivity contribution in [1.82, 2.24) is 24.5 Å². The number of hydrogen-bond donors (Lipinski definition) is 0. The van der Waals surface area contributed by atoms with E-state index >= 15 is 0 Å². The number of aryl methyl sites for hydroxylation is 1. The van der Waals surface area contributed by atoms with Crippen molar-refractivity contribution in [2.45, 2.75) is 12.7 Å². The zero-order valence-electron chi connectivity index (χ0n) is 14.1. The van der Waals surface area contributed by atoms with Gasteiger partial charge < -0.3 is 4.90 Å². The zero-order chi connectivity index (χ0) is 18.9. The van der Waals surface area contributed by atoms with Crippen LogP contribution in [0, 0.1) is 0 Å². The Bertz CT molecular complexity index is 898. The number of halogens is 3. The molecule has 0 radical (unpaired) electrons. The van der Waals surface area contributed by atoms with Crippen molar-refractivity contribution in [1.29, 1.82) is 0 Å². The van der Waals surface area contributed by atoms with Crippen molar-refractivity contribution in [2.75, 3.05) is 7.05 Å². The Kier molecular flexibility index (Phi) is 4.54. The molecule has 136 valence electrons. The Hall–Kier alpha value is -3.10. The minimum atomic E-state index is -4.55. The van der Waals surface area contributed by atoms with Crippen molar-refractivity contribution in [2.24, 2.45) is 7.05 Å². The minimum absolute atomic E-state index is 0.240. The molecule has 26 heavy (non-hydrogen) atoms. The Morgan fingerprint density at radius 3 is 2.46 bits per heavy atom. The smallest absolute Gasteiger partial charge is 0.336 e. The Morgan fingerprint density at radius 1 is 1.23 bits per heavy atom. The second-order valence-corrected chi connectivity index (χ2v) is 5.81. The van der Waals surface area contributed by atoms with Crippen molar-refractivity contribution in [3.8, 4) is 5.69 Å². The lowest BCUT2D eigenvalue weighted by Crippen LogP contribution is -2.26. The second kappa shape index (κ2) is 6.66. The first-order valence-corrected chi connectivity index (χ1v) is 7.71. The van der Waals surface area contributed by atoms with Crippen LogP contribution in [0.5, 0.6) is 0 Å². The fraction of sp³-hybridized carbons (Fsp3) is 0.235. The van der Waals surface area contributed by atoms with Crippen LogP contribution in [0.2, 0.25) is 0 Å². The summed E-state index contributed by atoms with van der Waals surface area (Å²) >= 11 is 0. The second-order valence-electron chi connectivity index (χ2n) is 5.81. The average molecular weight is 363 g/mol. The van der Waals surface area contributed by atoms with Gasteiger partial charge in [0.05, 0.1) is 5.69 Å². The van der Waals surface area contributed by atoms with Crippen LogP contribution in [-0.2, 0) is 19.8 Å². The highest BCUT2D eigenvalue weighted by Gasteiger charge is 2.36. The zero-order valence-corrected chi connectivity index (χ0v) is 14.1. The van der Waals surface area contributed by atoms with Gasteiger partial charge >= 0.3 is 6.18 Å². The summed E-state index contributed by atoms with van der Waals surface area (Å²) in [5.74, 6) is -0.577. The number of carbonyl (C=O) groups is 1. The SMILES string of the molecule is CN(Cc1ccc(-n2cccn2)cc1)C(=O)c1cc(C(F)(F)F)n(C)n1. The van der Waals surface area contributed by atoms with Gasteiger partial charge in [0.15, 0.2) is 5.69 Å². The molecule has 6 nitrogen and oxygen atoms in total. The number of aromatic nitrogens is 4. The summed E-state index contributed by atoms with van der Waals surface area (Å²) in [6.07, 6.45) is -1.08.